The topological polar surface area (TPSA) is 60.8 Å². The first-order chi connectivity index (χ1) is 14.5. The second-order valence-corrected chi connectivity index (χ2v) is 7.60. The van der Waals surface area contributed by atoms with Crippen LogP contribution in [0.2, 0.25) is 0 Å². The van der Waals surface area contributed by atoms with Crippen molar-refractivity contribution in [1.82, 2.24) is 9.47 Å². The van der Waals surface area contributed by atoms with E-state index in [9.17, 15) is 9.59 Å². The first-order valence-electron chi connectivity index (χ1n) is 10.2. The van der Waals surface area contributed by atoms with Gasteiger partial charge in [0.2, 0.25) is 0 Å². The van der Waals surface area contributed by atoms with Crippen molar-refractivity contribution in [1.29, 1.82) is 0 Å². The van der Waals surface area contributed by atoms with Crippen LogP contribution < -0.4 is 4.74 Å². The second kappa shape index (κ2) is 8.71. The van der Waals surface area contributed by atoms with Crippen LogP contribution >= 0.6 is 0 Å². The number of aryl methyl sites for hydroxylation is 2. The van der Waals surface area contributed by atoms with E-state index in [4.69, 9.17) is 9.47 Å². The van der Waals surface area contributed by atoms with Gasteiger partial charge in [-0.25, -0.2) is 0 Å². The van der Waals surface area contributed by atoms with Crippen molar-refractivity contribution >= 4 is 22.6 Å². The Kier molecular flexibility index (Phi) is 5.86. The summed E-state index contributed by atoms with van der Waals surface area (Å²) in [4.78, 5) is 27.2. The molecule has 6 heteroatoms. The number of para-hydroxylation sites is 1. The normalized spacial score (nSPS) is 14.1. The van der Waals surface area contributed by atoms with E-state index in [2.05, 4.69) is 6.07 Å². The Hall–Kier alpha value is -3.12. The van der Waals surface area contributed by atoms with E-state index in [0.717, 1.165) is 27.8 Å². The van der Waals surface area contributed by atoms with Crippen molar-refractivity contribution in [2.75, 3.05) is 32.9 Å². The Labute approximate surface area is 176 Å². The number of hydrogen-bond acceptors (Lipinski definition) is 4. The van der Waals surface area contributed by atoms with Gasteiger partial charge in [-0.05, 0) is 37.1 Å². The number of benzene rings is 2. The van der Waals surface area contributed by atoms with E-state index < -0.39 is 11.7 Å². The van der Waals surface area contributed by atoms with Crippen molar-refractivity contribution < 1.29 is 19.1 Å². The molecule has 0 N–H and O–H groups in total. The summed E-state index contributed by atoms with van der Waals surface area (Å²) in [6, 6.07) is 13.8. The van der Waals surface area contributed by atoms with Crippen LogP contribution in [0, 0.1) is 13.8 Å². The van der Waals surface area contributed by atoms with Crippen LogP contribution in [0.3, 0.4) is 0 Å². The molecule has 0 aliphatic carbocycles. The number of Topliss-reactive ketones (excluding diaryl/α,β-unsaturated/α-hetero) is 1. The molecule has 156 valence electrons. The Morgan fingerprint density at radius 1 is 1.07 bits per heavy atom. The molecule has 3 aromatic rings. The van der Waals surface area contributed by atoms with Crippen LogP contribution in [0.4, 0.5) is 0 Å². The van der Waals surface area contributed by atoms with Crippen molar-refractivity contribution in [3.63, 3.8) is 0 Å². The maximum Gasteiger partial charge on any atom is 0.295 e. The summed E-state index contributed by atoms with van der Waals surface area (Å²) >= 11 is 0. The van der Waals surface area contributed by atoms with Crippen LogP contribution in [-0.4, -0.2) is 54.1 Å². The summed E-state index contributed by atoms with van der Waals surface area (Å²) in [6.45, 7) is 6.94. The minimum absolute atomic E-state index is 0.439. The predicted molar refractivity (Wildman–Crippen MR) is 115 cm³/mol. The summed E-state index contributed by atoms with van der Waals surface area (Å²) in [7, 11) is 0. The van der Waals surface area contributed by atoms with E-state index >= 15 is 0 Å². The summed E-state index contributed by atoms with van der Waals surface area (Å²) < 4.78 is 13.3. The van der Waals surface area contributed by atoms with E-state index in [1.165, 1.54) is 0 Å². The average Bonchev–Trinajstić information content (AvgIpc) is 3.14. The lowest BCUT2D eigenvalue weighted by Crippen LogP contribution is -2.44. The lowest BCUT2D eigenvalue weighted by atomic mass is 10.1. The zero-order valence-electron chi connectivity index (χ0n) is 17.4. The van der Waals surface area contributed by atoms with E-state index in [-0.39, 0.29) is 0 Å². The van der Waals surface area contributed by atoms with Gasteiger partial charge in [0, 0.05) is 30.2 Å². The van der Waals surface area contributed by atoms with E-state index in [1.54, 1.807) is 11.1 Å². The third-order valence-corrected chi connectivity index (χ3v) is 5.46. The van der Waals surface area contributed by atoms with Crippen molar-refractivity contribution in [2.45, 2.75) is 20.4 Å². The fourth-order valence-corrected chi connectivity index (χ4v) is 3.75. The smallest absolute Gasteiger partial charge is 0.295 e. The van der Waals surface area contributed by atoms with Gasteiger partial charge in [0.05, 0.1) is 25.3 Å². The minimum atomic E-state index is -0.470. The molecule has 1 aliphatic heterocycles. The maximum atomic E-state index is 13.0. The lowest BCUT2D eigenvalue weighted by molar-refractivity contribution is -0.130. The van der Waals surface area contributed by atoms with Crippen LogP contribution in [-0.2, 0) is 16.1 Å². The van der Waals surface area contributed by atoms with Gasteiger partial charge in [0.15, 0.2) is 0 Å². The molecule has 0 saturated carbocycles. The van der Waals surface area contributed by atoms with Gasteiger partial charge in [0.25, 0.3) is 11.7 Å². The van der Waals surface area contributed by atoms with Gasteiger partial charge in [-0.15, -0.1) is 0 Å². The van der Waals surface area contributed by atoms with Gasteiger partial charge in [-0.1, -0.05) is 30.3 Å². The number of hydrogen-bond donors (Lipinski definition) is 0. The number of carbonyl (C=O) groups is 2. The molecule has 2 heterocycles. The van der Waals surface area contributed by atoms with Crippen molar-refractivity contribution in [3.8, 4) is 5.75 Å². The maximum absolute atomic E-state index is 13.0. The monoisotopic (exact) mass is 406 g/mol. The van der Waals surface area contributed by atoms with Crippen LogP contribution in [0.1, 0.15) is 21.5 Å². The molecule has 1 aliphatic rings. The number of ether oxygens (including phenoxy) is 2. The average molecular weight is 406 g/mol. The molecule has 2 aromatic carbocycles. The summed E-state index contributed by atoms with van der Waals surface area (Å²) in [5.41, 5.74) is 3.59. The Balaban J connectivity index is 1.54. The molecule has 1 saturated heterocycles. The number of carbonyl (C=O) groups excluding carboxylic acids is 2. The van der Waals surface area contributed by atoms with Crippen LogP contribution in [0.5, 0.6) is 5.75 Å². The van der Waals surface area contributed by atoms with E-state index in [0.29, 0.717) is 45.0 Å². The molecule has 30 heavy (non-hydrogen) atoms. The fourth-order valence-electron chi connectivity index (χ4n) is 3.75. The third kappa shape index (κ3) is 4.09. The van der Waals surface area contributed by atoms with Gasteiger partial charge >= 0.3 is 0 Å². The molecular formula is C24H26N2O4. The number of aromatic nitrogens is 1. The fraction of sp³-hybridized carbons (Fsp3) is 0.333. The number of morpholine rings is 1. The highest BCUT2D eigenvalue weighted by Gasteiger charge is 2.27. The zero-order chi connectivity index (χ0) is 21.1. The van der Waals surface area contributed by atoms with Gasteiger partial charge in [-0.3, -0.25) is 9.59 Å². The van der Waals surface area contributed by atoms with Crippen LogP contribution in [0.25, 0.3) is 10.9 Å². The number of amides is 1. The number of rotatable bonds is 6. The molecular weight excluding hydrogens is 380 g/mol. The number of ketones is 1. The molecule has 1 fully saturated rings. The van der Waals surface area contributed by atoms with Gasteiger partial charge in [-0.2, -0.15) is 0 Å². The molecule has 4 rings (SSSR count). The second-order valence-electron chi connectivity index (χ2n) is 7.60. The first-order valence-corrected chi connectivity index (χ1v) is 10.2. The molecule has 1 amide bonds. The molecule has 0 atom stereocenters. The number of fused-ring (bicyclic) bond motifs is 1. The lowest BCUT2D eigenvalue weighted by Gasteiger charge is -2.25. The summed E-state index contributed by atoms with van der Waals surface area (Å²) in [6.07, 6.45) is 1.78. The quantitative estimate of drug-likeness (QED) is 0.465. The predicted octanol–water partition coefficient (Wildman–Crippen LogP) is 3.38. The van der Waals surface area contributed by atoms with Crippen LogP contribution in [0.15, 0.2) is 48.7 Å². The first kappa shape index (κ1) is 20.2. The van der Waals surface area contributed by atoms with Gasteiger partial charge in [0.1, 0.15) is 12.4 Å². The molecule has 6 nitrogen and oxygen atoms in total. The van der Waals surface area contributed by atoms with E-state index in [1.807, 2.05) is 54.8 Å². The van der Waals surface area contributed by atoms with Gasteiger partial charge < -0.3 is 18.9 Å². The Bertz CT molecular complexity index is 1080. The highest BCUT2D eigenvalue weighted by Crippen LogP contribution is 2.23. The molecule has 1 aromatic heterocycles. The molecule has 0 bridgehead atoms. The summed E-state index contributed by atoms with van der Waals surface area (Å²) in [5.74, 6) is -0.0691. The molecule has 0 radical (unpaired) electrons. The largest absolute Gasteiger partial charge is 0.491 e. The molecule has 0 spiro atoms. The Morgan fingerprint density at radius 2 is 1.83 bits per heavy atom. The number of nitrogens with zero attached hydrogens (tertiary/aromatic N) is 2. The standard InChI is InChI=1S/C24H26N2O4/c1-17-7-8-18(2)22(15-17)30-14-11-26-16-20(19-5-3-4-6-21(19)26)23(27)24(28)25-9-12-29-13-10-25/h3-8,15-16H,9-14H2,1-2H3. The Morgan fingerprint density at radius 3 is 2.63 bits per heavy atom. The summed E-state index contributed by atoms with van der Waals surface area (Å²) in [5, 5.41) is 0.788. The third-order valence-electron chi connectivity index (χ3n) is 5.46. The van der Waals surface area contributed by atoms with Crippen molar-refractivity contribution in [2.24, 2.45) is 0 Å². The van der Waals surface area contributed by atoms with Crippen molar-refractivity contribution in [3.05, 3.63) is 65.4 Å². The zero-order valence-corrected chi connectivity index (χ0v) is 17.4. The highest BCUT2D eigenvalue weighted by molar-refractivity contribution is 6.44. The highest BCUT2D eigenvalue weighted by atomic mass is 16.5. The molecule has 0 unspecified atom stereocenters. The minimum Gasteiger partial charge on any atom is -0.491 e. The SMILES string of the molecule is Cc1ccc(C)c(OCCn2cc(C(=O)C(=O)N3CCOCC3)c3ccccc32)c1.